The van der Waals surface area contributed by atoms with E-state index in [1.165, 1.54) is 17.7 Å². The Morgan fingerprint density at radius 2 is 2.04 bits per heavy atom. The second-order valence-corrected chi connectivity index (χ2v) is 5.88. The van der Waals surface area contributed by atoms with Gasteiger partial charge in [-0.1, -0.05) is 0 Å². The van der Waals surface area contributed by atoms with E-state index in [4.69, 9.17) is 16.2 Å². The molecule has 130 valence electrons. The monoisotopic (exact) mass is 337 g/mol. The van der Waals surface area contributed by atoms with Crippen molar-refractivity contribution in [3.8, 4) is 0 Å². The van der Waals surface area contributed by atoms with Crippen LogP contribution in [0.15, 0.2) is 6.20 Å². The van der Waals surface area contributed by atoms with Gasteiger partial charge >= 0.3 is 0 Å². The highest BCUT2D eigenvalue weighted by Crippen LogP contribution is 2.35. The largest absolute Gasteiger partial charge is 0.391 e. The molecule has 3 heterocycles. The van der Waals surface area contributed by atoms with Crippen LogP contribution in [0.3, 0.4) is 0 Å². The number of aromatic nitrogens is 3. The van der Waals surface area contributed by atoms with Crippen molar-refractivity contribution in [3.63, 3.8) is 0 Å². The van der Waals surface area contributed by atoms with E-state index in [0.29, 0.717) is 5.82 Å². The summed E-state index contributed by atoms with van der Waals surface area (Å²) >= 11 is 0. The van der Waals surface area contributed by atoms with Gasteiger partial charge in [-0.15, -0.1) is 0 Å². The number of nitrogens with zero attached hydrogens (tertiary/aromatic N) is 3. The number of fused-ring (bicyclic) bond motifs is 1. The van der Waals surface area contributed by atoms with Crippen molar-refractivity contribution in [1.82, 2.24) is 14.5 Å². The number of carbonyl (C=O) groups excluding carboxylic acids is 1. The summed E-state index contributed by atoms with van der Waals surface area (Å²) in [5, 5.41) is 30.3. The maximum Gasteiger partial charge on any atom is 0.251 e. The molecule has 2 aromatic rings. The van der Waals surface area contributed by atoms with E-state index in [2.05, 4.69) is 9.97 Å². The van der Waals surface area contributed by atoms with Gasteiger partial charge in [-0.3, -0.25) is 4.79 Å². The minimum Gasteiger partial charge on any atom is -0.391 e. The first-order valence-electron chi connectivity index (χ1n) is 7.36. The first-order valence-corrected chi connectivity index (χ1v) is 7.36. The van der Waals surface area contributed by atoms with Gasteiger partial charge in [0.1, 0.15) is 35.6 Å². The van der Waals surface area contributed by atoms with Gasteiger partial charge in [-0.2, -0.15) is 0 Å². The summed E-state index contributed by atoms with van der Waals surface area (Å²) in [5.41, 5.74) is 11.6. The van der Waals surface area contributed by atoms with Crippen LogP contribution >= 0.6 is 0 Å². The molecule has 0 saturated carbocycles. The molecule has 0 radical (unpaired) electrons. The Labute approximate surface area is 136 Å². The molecular weight excluding hydrogens is 318 g/mol. The smallest absolute Gasteiger partial charge is 0.251 e. The second kappa shape index (κ2) is 5.67. The third-order valence-corrected chi connectivity index (χ3v) is 4.10. The number of nitrogen functional groups attached to an aromatic ring is 1. The molecular formula is C14H19N5O5. The molecule has 0 aromatic carbocycles. The minimum absolute atomic E-state index is 0.0742. The van der Waals surface area contributed by atoms with Gasteiger partial charge in [0.2, 0.25) is 0 Å². The van der Waals surface area contributed by atoms with Crippen LogP contribution in [0.25, 0.3) is 11.0 Å². The van der Waals surface area contributed by atoms with Crippen molar-refractivity contribution in [2.75, 3.05) is 5.73 Å². The molecule has 2 aromatic heterocycles. The Morgan fingerprint density at radius 3 is 2.58 bits per heavy atom. The lowest BCUT2D eigenvalue weighted by Crippen LogP contribution is -2.37. The summed E-state index contributed by atoms with van der Waals surface area (Å²) < 4.78 is 6.95. The Morgan fingerprint density at radius 1 is 1.38 bits per heavy atom. The zero-order chi connectivity index (χ0) is 17.8. The Hall–Kier alpha value is -2.27. The summed E-state index contributed by atoms with van der Waals surface area (Å²) in [5.74, 6) is -0.307. The molecule has 1 unspecified atom stereocenters. The van der Waals surface area contributed by atoms with E-state index >= 15 is 0 Å². The first kappa shape index (κ1) is 16.6. The zero-order valence-electron chi connectivity index (χ0n) is 13.1. The number of aryl methyl sites for hydroxylation is 1. The molecule has 24 heavy (non-hydrogen) atoms. The average Bonchev–Trinajstić information content (AvgIpc) is 2.99. The van der Waals surface area contributed by atoms with Crippen LogP contribution in [0.5, 0.6) is 0 Å². The van der Waals surface area contributed by atoms with Gasteiger partial charge in [-0.05, 0) is 13.8 Å². The number of amides is 1. The van der Waals surface area contributed by atoms with Gasteiger partial charge in [0.25, 0.3) is 5.91 Å². The molecule has 1 aliphatic rings. The van der Waals surface area contributed by atoms with Crippen molar-refractivity contribution >= 4 is 22.8 Å². The van der Waals surface area contributed by atoms with Gasteiger partial charge in [0, 0.05) is 6.20 Å². The number of aliphatic hydroxyl groups is 3. The molecule has 10 heteroatoms. The minimum atomic E-state index is -1.34. The number of rotatable bonds is 3. The quantitative estimate of drug-likeness (QED) is 0.447. The summed E-state index contributed by atoms with van der Waals surface area (Å²) in [6, 6.07) is 0. The van der Waals surface area contributed by atoms with Crippen LogP contribution < -0.4 is 11.5 Å². The van der Waals surface area contributed by atoms with Crippen molar-refractivity contribution in [3.05, 3.63) is 17.6 Å². The predicted octanol–water partition coefficient (Wildman–Crippen LogP) is -1.58. The van der Waals surface area contributed by atoms with Crippen molar-refractivity contribution in [2.24, 2.45) is 5.73 Å². The highest BCUT2D eigenvalue weighted by atomic mass is 16.6. The third-order valence-electron chi connectivity index (χ3n) is 4.10. The number of aliphatic hydroxyl groups excluding tert-OH is 3. The van der Waals surface area contributed by atoms with E-state index in [-0.39, 0.29) is 22.4 Å². The molecule has 1 fully saturated rings. The fourth-order valence-corrected chi connectivity index (χ4v) is 2.98. The molecule has 10 nitrogen and oxygen atoms in total. The van der Waals surface area contributed by atoms with Gasteiger partial charge < -0.3 is 36.1 Å². The van der Waals surface area contributed by atoms with E-state index in [9.17, 15) is 20.1 Å². The fourth-order valence-electron chi connectivity index (χ4n) is 2.98. The Kier molecular flexibility index (Phi) is 3.92. The average molecular weight is 337 g/mol. The number of hydrogen-bond donors (Lipinski definition) is 5. The first-order chi connectivity index (χ1) is 11.2. The number of nitrogens with two attached hydrogens (primary N) is 2. The van der Waals surface area contributed by atoms with Gasteiger partial charge in [0.05, 0.1) is 17.1 Å². The SMILES string of the molecule is Cc1nc(N)c2c(C(N)=O)cn([C@@H]3O[C@H](C(C)O)[C@@H](O)[C@H]3O)c2n1. The highest BCUT2D eigenvalue weighted by Gasteiger charge is 2.46. The lowest BCUT2D eigenvalue weighted by molar-refractivity contribution is -0.0776. The summed E-state index contributed by atoms with van der Waals surface area (Å²) in [6.45, 7) is 3.06. The van der Waals surface area contributed by atoms with E-state index in [0.717, 1.165) is 0 Å². The molecule has 3 rings (SSSR count). The lowest BCUT2D eigenvalue weighted by atomic mass is 10.1. The lowest BCUT2D eigenvalue weighted by Gasteiger charge is -2.18. The van der Waals surface area contributed by atoms with Crippen LogP contribution in [0.2, 0.25) is 0 Å². The summed E-state index contributed by atoms with van der Waals surface area (Å²) in [6.07, 6.45) is -4.34. The van der Waals surface area contributed by atoms with Crippen LogP contribution in [-0.2, 0) is 4.74 Å². The maximum absolute atomic E-state index is 11.7. The molecule has 5 atom stereocenters. The molecule has 1 amide bonds. The molecule has 7 N–H and O–H groups in total. The fraction of sp³-hybridized carbons (Fsp3) is 0.500. The molecule has 1 saturated heterocycles. The molecule has 0 aliphatic carbocycles. The Balaban J connectivity index is 2.18. The standard InChI is InChI=1S/C14H19N5O5/c1-4(20)10-8(21)9(22)14(24-10)19-3-6(12(16)23)7-11(15)17-5(2)18-13(7)19/h3-4,8-10,14,20-22H,1-2H3,(H2,16,23)(H2,15,17,18)/t4?,8-,9+,10+,14+/m0/s1. The number of ether oxygens (including phenoxy) is 1. The third kappa shape index (κ3) is 2.40. The van der Waals surface area contributed by atoms with Gasteiger partial charge in [-0.25, -0.2) is 9.97 Å². The van der Waals surface area contributed by atoms with E-state index in [1.807, 2.05) is 0 Å². The number of anilines is 1. The highest BCUT2D eigenvalue weighted by molar-refractivity contribution is 6.08. The van der Waals surface area contributed by atoms with Crippen molar-refractivity contribution in [1.29, 1.82) is 0 Å². The van der Waals surface area contributed by atoms with Crippen LogP contribution in [0, 0.1) is 6.92 Å². The molecule has 0 spiro atoms. The Bertz CT molecular complexity index is 804. The summed E-state index contributed by atoms with van der Waals surface area (Å²) in [7, 11) is 0. The van der Waals surface area contributed by atoms with E-state index in [1.54, 1.807) is 6.92 Å². The number of primary amides is 1. The van der Waals surface area contributed by atoms with Crippen molar-refractivity contribution in [2.45, 2.75) is 44.5 Å². The normalized spacial score (nSPS) is 28.4. The van der Waals surface area contributed by atoms with Crippen LogP contribution in [0.1, 0.15) is 29.3 Å². The molecule has 0 bridgehead atoms. The maximum atomic E-state index is 11.7. The predicted molar refractivity (Wildman–Crippen MR) is 82.8 cm³/mol. The second-order valence-electron chi connectivity index (χ2n) is 5.88. The van der Waals surface area contributed by atoms with Crippen LogP contribution in [-0.4, -0.2) is 60.2 Å². The molecule has 1 aliphatic heterocycles. The zero-order valence-corrected chi connectivity index (χ0v) is 13.1. The van der Waals surface area contributed by atoms with E-state index < -0.39 is 36.6 Å². The number of carbonyl (C=O) groups is 1. The topological polar surface area (TPSA) is 170 Å². The number of hydrogen-bond acceptors (Lipinski definition) is 8. The van der Waals surface area contributed by atoms with Gasteiger partial charge in [0.15, 0.2) is 6.23 Å². The summed E-state index contributed by atoms with van der Waals surface area (Å²) in [4.78, 5) is 20.0. The van der Waals surface area contributed by atoms with Crippen LogP contribution in [0.4, 0.5) is 5.82 Å². The van der Waals surface area contributed by atoms with Crippen molar-refractivity contribution < 1.29 is 24.9 Å².